The maximum Gasteiger partial charge on any atom is 0.339 e. The number of halogens is 1. The number of pyridine rings is 1. The minimum Gasteiger partial charge on any atom is -0.462 e. The van der Waals surface area contributed by atoms with E-state index in [2.05, 4.69) is 4.98 Å². The first-order valence-electron chi connectivity index (χ1n) is 6.29. The molecule has 2 heterocycles. The van der Waals surface area contributed by atoms with Gasteiger partial charge in [-0.2, -0.15) is 0 Å². The summed E-state index contributed by atoms with van der Waals surface area (Å²) in [6.07, 6.45) is 1.30. The van der Waals surface area contributed by atoms with Gasteiger partial charge in [-0.25, -0.2) is 9.78 Å². The lowest BCUT2D eigenvalue weighted by Gasteiger charge is -2.04. The van der Waals surface area contributed by atoms with Crippen molar-refractivity contribution in [3.63, 3.8) is 0 Å². The predicted molar refractivity (Wildman–Crippen MR) is 78.8 cm³/mol. The summed E-state index contributed by atoms with van der Waals surface area (Å²) in [6.45, 7) is 1.97. The minimum absolute atomic E-state index is 0.151. The summed E-state index contributed by atoms with van der Waals surface area (Å²) >= 11 is 5.88. The summed E-state index contributed by atoms with van der Waals surface area (Å²) in [5.41, 5.74) is 0.725. The van der Waals surface area contributed by atoms with Crippen LogP contribution >= 0.6 is 11.6 Å². The van der Waals surface area contributed by atoms with Gasteiger partial charge < -0.3 is 9.15 Å². The van der Waals surface area contributed by atoms with Gasteiger partial charge >= 0.3 is 5.97 Å². The van der Waals surface area contributed by atoms with Crippen molar-refractivity contribution >= 4 is 39.6 Å². The Labute approximate surface area is 124 Å². The van der Waals surface area contributed by atoms with E-state index in [0.717, 1.165) is 0 Å². The fourth-order valence-electron chi connectivity index (χ4n) is 2.03. The maximum absolute atomic E-state index is 12.3. The molecule has 0 saturated heterocycles. The molecule has 0 spiro atoms. The van der Waals surface area contributed by atoms with Crippen molar-refractivity contribution in [2.75, 3.05) is 6.61 Å². The monoisotopic (exact) mass is 303 g/mol. The predicted octanol–water partition coefficient (Wildman–Crippen LogP) is 3.17. The van der Waals surface area contributed by atoms with Crippen LogP contribution in [0.15, 0.2) is 39.7 Å². The van der Waals surface area contributed by atoms with E-state index in [1.54, 1.807) is 19.1 Å². The largest absolute Gasteiger partial charge is 0.462 e. The summed E-state index contributed by atoms with van der Waals surface area (Å²) in [7, 11) is 0. The second-order valence-corrected chi connectivity index (χ2v) is 4.80. The molecule has 0 aliphatic rings. The van der Waals surface area contributed by atoms with E-state index in [1.807, 2.05) is 0 Å². The van der Waals surface area contributed by atoms with Gasteiger partial charge in [0.15, 0.2) is 11.1 Å². The Morgan fingerprint density at radius 2 is 2.14 bits per heavy atom. The van der Waals surface area contributed by atoms with Crippen LogP contribution in [0.25, 0.3) is 22.1 Å². The average Bonchev–Trinajstić information content (AvgIpc) is 2.48. The van der Waals surface area contributed by atoms with Gasteiger partial charge in [-0.1, -0.05) is 11.6 Å². The summed E-state index contributed by atoms with van der Waals surface area (Å²) < 4.78 is 10.5. The van der Waals surface area contributed by atoms with Crippen LogP contribution in [-0.2, 0) is 4.74 Å². The number of fused-ring (bicyclic) bond motifs is 2. The van der Waals surface area contributed by atoms with Gasteiger partial charge in [-0.15, -0.1) is 0 Å². The number of nitrogens with zero attached hydrogens (tertiary/aromatic N) is 1. The van der Waals surface area contributed by atoms with Crippen LogP contribution in [-0.4, -0.2) is 17.6 Å². The highest BCUT2D eigenvalue weighted by atomic mass is 35.5. The van der Waals surface area contributed by atoms with E-state index < -0.39 is 5.97 Å². The molecule has 3 aromatic rings. The third kappa shape index (κ3) is 2.36. The molecule has 2 aromatic heterocycles. The van der Waals surface area contributed by atoms with E-state index in [9.17, 15) is 9.59 Å². The molecular formula is C15H10ClNO4. The highest BCUT2D eigenvalue weighted by molar-refractivity contribution is 6.31. The van der Waals surface area contributed by atoms with Crippen LogP contribution < -0.4 is 5.43 Å². The molecule has 0 saturated carbocycles. The van der Waals surface area contributed by atoms with E-state index in [1.165, 1.54) is 18.3 Å². The second-order valence-electron chi connectivity index (χ2n) is 4.36. The normalized spacial score (nSPS) is 11.0. The van der Waals surface area contributed by atoms with Gasteiger partial charge in [-0.05, 0) is 31.2 Å². The molecule has 3 rings (SSSR count). The first-order chi connectivity index (χ1) is 10.1. The summed E-state index contributed by atoms with van der Waals surface area (Å²) in [6, 6.07) is 6.22. The topological polar surface area (TPSA) is 69.4 Å². The Balaban J connectivity index is 2.27. The van der Waals surface area contributed by atoms with Crippen molar-refractivity contribution in [2.45, 2.75) is 6.92 Å². The molecule has 0 radical (unpaired) electrons. The van der Waals surface area contributed by atoms with Crippen molar-refractivity contribution in [3.8, 4) is 0 Å². The molecule has 5 nitrogen and oxygen atoms in total. The number of benzene rings is 1. The molecule has 0 aliphatic carbocycles. The fourth-order valence-corrected chi connectivity index (χ4v) is 2.21. The molecule has 0 fully saturated rings. The maximum atomic E-state index is 12.3. The number of hydrogen-bond donors (Lipinski definition) is 0. The Morgan fingerprint density at radius 1 is 1.33 bits per heavy atom. The van der Waals surface area contributed by atoms with Crippen molar-refractivity contribution < 1.29 is 13.9 Å². The summed E-state index contributed by atoms with van der Waals surface area (Å²) in [5.74, 6) is -0.509. The molecule has 1 aromatic carbocycles. The lowest BCUT2D eigenvalue weighted by atomic mass is 10.2. The number of carbonyl (C=O) groups is 1. The van der Waals surface area contributed by atoms with Crippen LogP contribution in [0.1, 0.15) is 17.3 Å². The number of esters is 1. The summed E-state index contributed by atoms with van der Waals surface area (Å²) in [4.78, 5) is 28.0. The third-order valence-corrected chi connectivity index (χ3v) is 3.22. The average molecular weight is 304 g/mol. The number of aromatic nitrogens is 1. The molecule has 0 bridgehead atoms. The van der Waals surface area contributed by atoms with Crippen LogP contribution in [0.2, 0.25) is 5.02 Å². The second kappa shape index (κ2) is 5.18. The SMILES string of the molecule is CCOC(=O)c1cnc2c(=O)c3cc(Cl)ccc3oc2c1. The van der Waals surface area contributed by atoms with E-state index >= 15 is 0 Å². The quantitative estimate of drug-likeness (QED) is 0.537. The Kier molecular flexibility index (Phi) is 3.35. The molecule has 0 N–H and O–H groups in total. The van der Waals surface area contributed by atoms with Crippen molar-refractivity contribution in [3.05, 3.63) is 51.3 Å². The van der Waals surface area contributed by atoms with Gasteiger partial charge in [0.1, 0.15) is 5.58 Å². The van der Waals surface area contributed by atoms with Gasteiger partial charge in [0.05, 0.1) is 17.6 Å². The minimum atomic E-state index is -0.509. The van der Waals surface area contributed by atoms with Crippen LogP contribution in [0.5, 0.6) is 0 Å². The lowest BCUT2D eigenvalue weighted by Crippen LogP contribution is -2.08. The molecule has 106 valence electrons. The first-order valence-corrected chi connectivity index (χ1v) is 6.67. The highest BCUT2D eigenvalue weighted by Gasteiger charge is 2.13. The van der Waals surface area contributed by atoms with Crippen LogP contribution in [0.3, 0.4) is 0 Å². The van der Waals surface area contributed by atoms with Crippen molar-refractivity contribution in [2.24, 2.45) is 0 Å². The van der Waals surface area contributed by atoms with Crippen molar-refractivity contribution in [1.29, 1.82) is 0 Å². The first kappa shape index (κ1) is 13.6. The summed E-state index contributed by atoms with van der Waals surface area (Å²) in [5, 5.41) is 0.795. The van der Waals surface area contributed by atoms with Gasteiger partial charge in [-0.3, -0.25) is 4.79 Å². The molecule has 0 aliphatic heterocycles. The van der Waals surface area contributed by atoms with Gasteiger partial charge in [0.2, 0.25) is 5.43 Å². The number of hydrogen-bond acceptors (Lipinski definition) is 5. The van der Waals surface area contributed by atoms with Crippen LogP contribution in [0.4, 0.5) is 0 Å². The van der Waals surface area contributed by atoms with Gasteiger partial charge in [0.25, 0.3) is 0 Å². The highest BCUT2D eigenvalue weighted by Crippen LogP contribution is 2.21. The third-order valence-electron chi connectivity index (χ3n) is 2.99. The zero-order valence-corrected chi connectivity index (χ0v) is 11.8. The Morgan fingerprint density at radius 3 is 2.90 bits per heavy atom. The molecular weight excluding hydrogens is 294 g/mol. The molecule has 0 atom stereocenters. The van der Waals surface area contributed by atoms with E-state index in [4.69, 9.17) is 20.8 Å². The Hall–Kier alpha value is -2.40. The zero-order valence-electron chi connectivity index (χ0n) is 11.1. The smallest absolute Gasteiger partial charge is 0.339 e. The molecule has 21 heavy (non-hydrogen) atoms. The van der Waals surface area contributed by atoms with Gasteiger partial charge in [0, 0.05) is 11.2 Å². The standard InChI is InChI=1S/C15H10ClNO4/c1-2-20-15(19)8-5-12-13(17-7-8)14(18)10-6-9(16)3-4-11(10)21-12/h3-7H,2H2,1H3. The number of rotatable bonds is 2. The fraction of sp³-hybridized carbons (Fsp3) is 0.133. The number of ether oxygens (including phenoxy) is 1. The lowest BCUT2D eigenvalue weighted by molar-refractivity contribution is 0.0526. The van der Waals surface area contributed by atoms with Crippen molar-refractivity contribution in [1.82, 2.24) is 4.98 Å². The Bertz CT molecular complexity index is 917. The zero-order chi connectivity index (χ0) is 15.0. The van der Waals surface area contributed by atoms with E-state index in [0.29, 0.717) is 16.0 Å². The van der Waals surface area contributed by atoms with E-state index in [-0.39, 0.29) is 28.7 Å². The number of carbonyl (C=O) groups excluding carboxylic acids is 1. The molecule has 0 amide bonds. The molecule has 0 unspecified atom stereocenters. The van der Waals surface area contributed by atoms with Crippen LogP contribution in [0, 0.1) is 0 Å². The molecule has 6 heteroatoms.